The van der Waals surface area contributed by atoms with Gasteiger partial charge in [-0.2, -0.15) is 0 Å². The van der Waals surface area contributed by atoms with Crippen molar-refractivity contribution in [2.24, 2.45) is 0 Å². The van der Waals surface area contributed by atoms with Crippen LogP contribution in [-0.2, 0) is 0 Å². The van der Waals surface area contributed by atoms with Crippen LogP contribution >= 0.6 is 0 Å². The Bertz CT molecular complexity index is 157. The first kappa shape index (κ1) is 8.27. The molecule has 11 heavy (non-hydrogen) atoms. The van der Waals surface area contributed by atoms with Crippen molar-refractivity contribution in [2.75, 3.05) is 26.2 Å². The van der Waals surface area contributed by atoms with Gasteiger partial charge in [0.15, 0.2) is 0 Å². The maximum atomic E-state index is 6.91. The third kappa shape index (κ3) is 2.35. The van der Waals surface area contributed by atoms with Crippen LogP contribution in [0.4, 0.5) is 0 Å². The molecule has 0 aromatic rings. The van der Waals surface area contributed by atoms with Gasteiger partial charge >= 0.3 is 0 Å². The molecular weight excluding hydrogens is 138 g/mol. The molecule has 0 unspecified atom stereocenters. The standard InChI is InChI=1S/C8H15N3/c1-8(2-3-9)11-6-4-10-5-7-11/h2-3,9-10H,4-7H2,1H3/b8-2+,9-3?. The highest BCUT2D eigenvalue weighted by Gasteiger charge is 2.07. The minimum atomic E-state index is 1.06. The van der Waals surface area contributed by atoms with Crippen LogP contribution in [0.25, 0.3) is 0 Å². The molecule has 3 heteroatoms. The SMILES string of the molecule is C/C(=C\C=N)N1CCNCC1. The largest absolute Gasteiger partial charge is 0.372 e. The fourth-order valence-electron chi connectivity index (χ4n) is 1.24. The first-order valence-electron chi connectivity index (χ1n) is 3.97. The average Bonchev–Trinajstić information content (AvgIpc) is 2.07. The fraction of sp³-hybridized carbons (Fsp3) is 0.625. The molecule has 1 heterocycles. The summed E-state index contributed by atoms with van der Waals surface area (Å²) in [6.45, 7) is 6.30. The van der Waals surface area contributed by atoms with Gasteiger partial charge < -0.3 is 15.6 Å². The zero-order valence-corrected chi connectivity index (χ0v) is 6.93. The molecule has 1 fully saturated rings. The van der Waals surface area contributed by atoms with E-state index in [1.54, 1.807) is 0 Å². The summed E-state index contributed by atoms with van der Waals surface area (Å²) in [6, 6.07) is 0. The third-order valence-electron chi connectivity index (χ3n) is 1.94. The molecule has 1 aliphatic rings. The van der Waals surface area contributed by atoms with E-state index in [9.17, 15) is 0 Å². The second-order valence-corrected chi connectivity index (χ2v) is 2.71. The topological polar surface area (TPSA) is 39.1 Å². The maximum Gasteiger partial charge on any atom is 0.0300 e. The molecule has 1 aliphatic heterocycles. The lowest BCUT2D eigenvalue weighted by atomic mass is 10.3. The van der Waals surface area contributed by atoms with Gasteiger partial charge in [0.25, 0.3) is 0 Å². The van der Waals surface area contributed by atoms with Crippen molar-refractivity contribution in [2.45, 2.75) is 6.92 Å². The lowest BCUT2D eigenvalue weighted by molar-refractivity contribution is 0.300. The van der Waals surface area contributed by atoms with Crippen LogP contribution in [0.2, 0.25) is 0 Å². The first-order valence-corrected chi connectivity index (χ1v) is 3.97. The molecule has 62 valence electrons. The molecule has 1 saturated heterocycles. The number of piperazine rings is 1. The summed E-state index contributed by atoms with van der Waals surface area (Å²) in [5, 5.41) is 10.2. The monoisotopic (exact) mass is 153 g/mol. The highest BCUT2D eigenvalue weighted by atomic mass is 15.2. The van der Waals surface area contributed by atoms with E-state index in [0.29, 0.717) is 0 Å². The molecule has 0 amide bonds. The Kier molecular flexibility index (Phi) is 3.11. The summed E-state index contributed by atoms with van der Waals surface area (Å²) >= 11 is 0. The summed E-state index contributed by atoms with van der Waals surface area (Å²) in [6.07, 6.45) is 3.18. The number of nitrogens with one attached hydrogen (secondary N) is 2. The van der Waals surface area contributed by atoms with E-state index in [0.717, 1.165) is 26.2 Å². The minimum absolute atomic E-state index is 1.06. The van der Waals surface area contributed by atoms with Gasteiger partial charge in [0.1, 0.15) is 0 Å². The summed E-state index contributed by atoms with van der Waals surface area (Å²) in [7, 11) is 0. The quantitative estimate of drug-likeness (QED) is 0.565. The Morgan fingerprint density at radius 1 is 1.45 bits per heavy atom. The van der Waals surface area contributed by atoms with Crippen molar-refractivity contribution in [3.8, 4) is 0 Å². The van der Waals surface area contributed by atoms with E-state index in [2.05, 4.69) is 17.1 Å². The smallest absolute Gasteiger partial charge is 0.0300 e. The number of hydrogen-bond donors (Lipinski definition) is 2. The molecule has 0 saturated carbocycles. The summed E-state index contributed by atoms with van der Waals surface area (Å²) in [5.41, 5.74) is 1.20. The highest BCUT2D eigenvalue weighted by molar-refractivity contribution is 5.68. The average molecular weight is 153 g/mol. The Morgan fingerprint density at radius 2 is 2.09 bits per heavy atom. The normalized spacial score (nSPS) is 20.1. The van der Waals surface area contributed by atoms with Crippen molar-refractivity contribution >= 4 is 6.21 Å². The van der Waals surface area contributed by atoms with E-state index in [1.165, 1.54) is 11.9 Å². The van der Waals surface area contributed by atoms with Crippen molar-refractivity contribution < 1.29 is 0 Å². The molecule has 0 aromatic heterocycles. The highest BCUT2D eigenvalue weighted by Crippen LogP contribution is 2.02. The van der Waals surface area contributed by atoms with E-state index in [-0.39, 0.29) is 0 Å². The molecule has 0 radical (unpaired) electrons. The molecule has 0 aliphatic carbocycles. The summed E-state index contributed by atoms with van der Waals surface area (Å²) in [4.78, 5) is 2.29. The lowest BCUT2D eigenvalue weighted by Crippen LogP contribution is -2.42. The van der Waals surface area contributed by atoms with Crippen molar-refractivity contribution in [3.63, 3.8) is 0 Å². The molecule has 0 atom stereocenters. The van der Waals surface area contributed by atoms with Gasteiger partial charge in [-0.25, -0.2) is 0 Å². The van der Waals surface area contributed by atoms with Crippen LogP contribution in [0.15, 0.2) is 11.8 Å². The Morgan fingerprint density at radius 3 is 2.64 bits per heavy atom. The number of rotatable bonds is 2. The van der Waals surface area contributed by atoms with Gasteiger partial charge in [-0.1, -0.05) is 0 Å². The van der Waals surface area contributed by atoms with Crippen LogP contribution in [-0.4, -0.2) is 37.3 Å². The van der Waals surface area contributed by atoms with E-state index < -0.39 is 0 Å². The molecule has 1 rings (SSSR count). The van der Waals surface area contributed by atoms with Gasteiger partial charge in [-0.15, -0.1) is 0 Å². The fourth-order valence-corrected chi connectivity index (χ4v) is 1.24. The van der Waals surface area contributed by atoms with Crippen molar-refractivity contribution in [3.05, 3.63) is 11.8 Å². The van der Waals surface area contributed by atoms with Crippen molar-refractivity contribution in [1.29, 1.82) is 5.41 Å². The van der Waals surface area contributed by atoms with Gasteiger partial charge in [0.05, 0.1) is 0 Å². The van der Waals surface area contributed by atoms with E-state index >= 15 is 0 Å². The molecular formula is C8H15N3. The second-order valence-electron chi connectivity index (χ2n) is 2.71. The Hall–Kier alpha value is -0.830. The van der Waals surface area contributed by atoms with Crippen LogP contribution in [0.1, 0.15) is 6.92 Å². The van der Waals surface area contributed by atoms with Gasteiger partial charge in [0, 0.05) is 38.1 Å². The van der Waals surface area contributed by atoms with Crippen molar-refractivity contribution in [1.82, 2.24) is 10.2 Å². The molecule has 3 nitrogen and oxygen atoms in total. The van der Waals surface area contributed by atoms with Crippen LogP contribution < -0.4 is 5.32 Å². The zero-order chi connectivity index (χ0) is 8.10. The predicted molar refractivity (Wildman–Crippen MR) is 47.0 cm³/mol. The Labute approximate surface area is 67.6 Å². The van der Waals surface area contributed by atoms with Crippen LogP contribution in [0, 0.1) is 5.41 Å². The first-order chi connectivity index (χ1) is 5.34. The molecule has 0 spiro atoms. The minimum Gasteiger partial charge on any atom is -0.372 e. The van der Waals surface area contributed by atoms with E-state index in [1.807, 2.05) is 6.08 Å². The number of nitrogens with zero attached hydrogens (tertiary/aromatic N) is 1. The summed E-state index contributed by atoms with van der Waals surface area (Å²) < 4.78 is 0. The summed E-state index contributed by atoms with van der Waals surface area (Å²) in [5.74, 6) is 0. The number of allylic oxidation sites excluding steroid dienone is 2. The molecule has 2 N–H and O–H groups in total. The van der Waals surface area contributed by atoms with Gasteiger partial charge in [-0.3, -0.25) is 0 Å². The molecule has 0 bridgehead atoms. The van der Waals surface area contributed by atoms with Gasteiger partial charge in [0.2, 0.25) is 0 Å². The van der Waals surface area contributed by atoms with Gasteiger partial charge in [-0.05, 0) is 13.0 Å². The zero-order valence-electron chi connectivity index (χ0n) is 6.93. The molecule has 0 aromatic carbocycles. The second kappa shape index (κ2) is 4.13. The van der Waals surface area contributed by atoms with E-state index in [4.69, 9.17) is 5.41 Å². The Balaban J connectivity index is 2.44. The maximum absolute atomic E-state index is 6.91. The number of hydrogen-bond acceptors (Lipinski definition) is 3. The predicted octanol–water partition coefficient (Wildman–Crippen LogP) is 0.445. The van der Waals surface area contributed by atoms with Crippen LogP contribution in [0.3, 0.4) is 0 Å². The lowest BCUT2D eigenvalue weighted by Gasteiger charge is -2.29. The van der Waals surface area contributed by atoms with Crippen LogP contribution in [0.5, 0.6) is 0 Å². The third-order valence-corrected chi connectivity index (χ3v) is 1.94.